The molecule has 0 saturated heterocycles. The predicted octanol–water partition coefficient (Wildman–Crippen LogP) is 11.5. The molecule has 0 radical (unpaired) electrons. The molecule has 0 aliphatic heterocycles. The molecule has 0 bridgehead atoms. The van der Waals surface area contributed by atoms with Crippen molar-refractivity contribution in [1.82, 2.24) is 0 Å². The zero-order valence-electron chi connectivity index (χ0n) is 30.5. The molecule has 0 amide bonds. The number of esters is 3. The van der Waals surface area contributed by atoms with E-state index in [4.69, 9.17) is 14.2 Å². The summed E-state index contributed by atoms with van der Waals surface area (Å²) in [6, 6.07) is 0. The summed E-state index contributed by atoms with van der Waals surface area (Å²) in [6.45, 7) is 11.2. The quantitative estimate of drug-likeness (QED) is 0.0404. The second-order valence-electron chi connectivity index (χ2n) is 13.7. The standard InChI is InChI=1S/C39H74O6/c1-6-9-10-17-26-31-39(42)45-36(33-44-38(41)30-25-21-16-15-19-23-28-35(5)8-3)32-43-37(40)29-24-20-14-12-11-13-18-22-27-34(4)7-2/h34-36H,6-33H2,1-5H3/t34?,35?,36-/m1/s1. The number of hydrogen-bond acceptors (Lipinski definition) is 6. The van der Waals surface area contributed by atoms with Crippen molar-refractivity contribution in [2.75, 3.05) is 13.2 Å². The van der Waals surface area contributed by atoms with E-state index in [-0.39, 0.29) is 31.1 Å². The van der Waals surface area contributed by atoms with Gasteiger partial charge in [-0.2, -0.15) is 0 Å². The summed E-state index contributed by atoms with van der Waals surface area (Å²) >= 11 is 0. The first-order valence-electron chi connectivity index (χ1n) is 19.3. The van der Waals surface area contributed by atoms with Crippen molar-refractivity contribution >= 4 is 17.9 Å². The molecule has 0 aliphatic carbocycles. The molecule has 0 aromatic rings. The molecule has 0 N–H and O–H groups in total. The van der Waals surface area contributed by atoms with Gasteiger partial charge in [-0.3, -0.25) is 14.4 Å². The average Bonchev–Trinajstić information content (AvgIpc) is 3.03. The Hall–Kier alpha value is -1.59. The van der Waals surface area contributed by atoms with E-state index in [9.17, 15) is 14.4 Å². The summed E-state index contributed by atoms with van der Waals surface area (Å²) in [5, 5.41) is 0. The van der Waals surface area contributed by atoms with Gasteiger partial charge in [0.15, 0.2) is 6.10 Å². The Morgan fingerprint density at radius 1 is 0.444 bits per heavy atom. The van der Waals surface area contributed by atoms with E-state index in [1.54, 1.807) is 0 Å². The lowest BCUT2D eigenvalue weighted by molar-refractivity contribution is -0.167. The first kappa shape index (κ1) is 43.4. The highest BCUT2D eigenvalue weighted by Gasteiger charge is 2.19. The van der Waals surface area contributed by atoms with Gasteiger partial charge in [0, 0.05) is 19.3 Å². The van der Waals surface area contributed by atoms with Crippen molar-refractivity contribution < 1.29 is 28.6 Å². The van der Waals surface area contributed by atoms with E-state index in [2.05, 4.69) is 34.6 Å². The SMILES string of the molecule is CCCCCCCC(=O)O[C@H](COC(=O)CCCCCCCCCCC(C)CC)COC(=O)CCCCCCCCC(C)CC. The van der Waals surface area contributed by atoms with Crippen LogP contribution in [0.25, 0.3) is 0 Å². The van der Waals surface area contributed by atoms with Gasteiger partial charge in [-0.1, -0.05) is 163 Å². The number of carbonyl (C=O) groups is 3. The smallest absolute Gasteiger partial charge is 0.306 e. The highest BCUT2D eigenvalue weighted by molar-refractivity contribution is 5.71. The van der Waals surface area contributed by atoms with E-state index in [1.165, 1.54) is 83.5 Å². The molecular formula is C39H74O6. The summed E-state index contributed by atoms with van der Waals surface area (Å²) in [6.07, 6.45) is 26.9. The van der Waals surface area contributed by atoms with Crippen LogP contribution in [0.1, 0.15) is 202 Å². The van der Waals surface area contributed by atoms with E-state index in [0.29, 0.717) is 19.3 Å². The Morgan fingerprint density at radius 3 is 1.16 bits per heavy atom. The highest BCUT2D eigenvalue weighted by atomic mass is 16.6. The van der Waals surface area contributed by atoms with Crippen LogP contribution >= 0.6 is 0 Å². The largest absolute Gasteiger partial charge is 0.462 e. The average molecular weight is 639 g/mol. The van der Waals surface area contributed by atoms with Crippen LogP contribution in [0.4, 0.5) is 0 Å². The molecule has 3 atom stereocenters. The molecule has 0 heterocycles. The minimum Gasteiger partial charge on any atom is -0.462 e. The van der Waals surface area contributed by atoms with Crippen molar-refractivity contribution in [1.29, 1.82) is 0 Å². The Kier molecular flexibility index (Phi) is 31.2. The number of carbonyl (C=O) groups excluding carboxylic acids is 3. The third kappa shape index (κ3) is 30.8. The third-order valence-corrected chi connectivity index (χ3v) is 9.19. The topological polar surface area (TPSA) is 78.9 Å². The summed E-state index contributed by atoms with van der Waals surface area (Å²) < 4.78 is 16.5. The third-order valence-electron chi connectivity index (χ3n) is 9.19. The van der Waals surface area contributed by atoms with Crippen molar-refractivity contribution in [3.8, 4) is 0 Å². The molecule has 0 aliphatic rings. The second-order valence-corrected chi connectivity index (χ2v) is 13.7. The number of rotatable bonds is 33. The van der Waals surface area contributed by atoms with Crippen LogP contribution in [0.15, 0.2) is 0 Å². The van der Waals surface area contributed by atoms with Crippen LogP contribution in [0.3, 0.4) is 0 Å². The summed E-state index contributed by atoms with van der Waals surface area (Å²) in [4.78, 5) is 37.2. The maximum absolute atomic E-state index is 12.4. The maximum Gasteiger partial charge on any atom is 0.306 e. The first-order valence-corrected chi connectivity index (χ1v) is 19.3. The molecule has 0 aromatic heterocycles. The second kappa shape index (κ2) is 32.4. The normalized spacial score (nSPS) is 13.3. The monoisotopic (exact) mass is 639 g/mol. The van der Waals surface area contributed by atoms with Gasteiger partial charge in [-0.05, 0) is 31.1 Å². The lowest BCUT2D eigenvalue weighted by atomic mass is 9.99. The van der Waals surface area contributed by atoms with Gasteiger partial charge in [0.05, 0.1) is 0 Å². The molecule has 45 heavy (non-hydrogen) atoms. The molecule has 6 nitrogen and oxygen atoms in total. The van der Waals surface area contributed by atoms with Crippen LogP contribution < -0.4 is 0 Å². The van der Waals surface area contributed by atoms with E-state index < -0.39 is 6.10 Å². The van der Waals surface area contributed by atoms with Crippen molar-refractivity contribution in [2.45, 2.75) is 208 Å². The molecule has 2 unspecified atom stereocenters. The maximum atomic E-state index is 12.4. The van der Waals surface area contributed by atoms with Crippen molar-refractivity contribution in [2.24, 2.45) is 11.8 Å². The van der Waals surface area contributed by atoms with Crippen molar-refractivity contribution in [3.05, 3.63) is 0 Å². The Balaban J connectivity index is 4.27. The van der Waals surface area contributed by atoms with Gasteiger partial charge in [0.2, 0.25) is 0 Å². The van der Waals surface area contributed by atoms with Gasteiger partial charge in [0.1, 0.15) is 13.2 Å². The van der Waals surface area contributed by atoms with Gasteiger partial charge < -0.3 is 14.2 Å². The van der Waals surface area contributed by atoms with Gasteiger partial charge >= 0.3 is 17.9 Å². The van der Waals surface area contributed by atoms with Gasteiger partial charge in [0.25, 0.3) is 0 Å². The van der Waals surface area contributed by atoms with E-state index >= 15 is 0 Å². The molecule has 0 rings (SSSR count). The number of ether oxygens (including phenoxy) is 3. The number of hydrogen-bond donors (Lipinski definition) is 0. The molecular weight excluding hydrogens is 564 g/mol. The Bertz CT molecular complexity index is 693. The van der Waals surface area contributed by atoms with E-state index in [1.807, 2.05) is 0 Å². The zero-order valence-corrected chi connectivity index (χ0v) is 30.5. The minimum atomic E-state index is -0.758. The Labute approximate surface area is 278 Å². The summed E-state index contributed by atoms with van der Waals surface area (Å²) in [7, 11) is 0. The van der Waals surface area contributed by atoms with Crippen LogP contribution in [0, 0.1) is 11.8 Å². The summed E-state index contributed by atoms with van der Waals surface area (Å²) in [5.74, 6) is 0.777. The fourth-order valence-corrected chi connectivity index (χ4v) is 5.45. The van der Waals surface area contributed by atoms with Gasteiger partial charge in [-0.25, -0.2) is 0 Å². The van der Waals surface area contributed by atoms with E-state index in [0.717, 1.165) is 76.0 Å². The lowest BCUT2D eigenvalue weighted by Gasteiger charge is -2.18. The minimum absolute atomic E-state index is 0.0685. The molecule has 0 aromatic carbocycles. The molecule has 6 heteroatoms. The highest BCUT2D eigenvalue weighted by Crippen LogP contribution is 2.16. The molecule has 266 valence electrons. The lowest BCUT2D eigenvalue weighted by Crippen LogP contribution is -2.30. The van der Waals surface area contributed by atoms with Gasteiger partial charge in [-0.15, -0.1) is 0 Å². The van der Waals surface area contributed by atoms with Crippen LogP contribution in [0.2, 0.25) is 0 Å². The van der Waals surface area contributed by atoms with Crippen molar-refractivity contribution in [3.63, 3.8) is 0 Å². The van der Waals surface area contributed by atoms with Crippen LogP contribution in [-0.4, -0.2) is 37.2 Å². The molecule has 0 saturated carbocycles. The van der Waals surface area contributed by atoms with Crippen LogP contribution in [-0.2, 0) is 28.6 Å². The molecule has 0 fully saturated rings. The predicted molar refractivity (Wildman–Crippen MR) is 187 cm³/mol. The van der Waals surface area contributed by atoms with Crippen LogP contribution in [0.5, 0.6) is 0 Å². The first-order chi connectivity index (χ1) is 21.8. The molecule has 0 spiro atoms. The zero-order chi connectivity index (χ0) is 33.4. The fourth-order valence-electron chi connectivity index (χ4n) is 5.45. The fraction of sp³-hybridized carbons (Fsp3) is 0.923. The Morgan fingerprint density at radius 2 is 0.778 bits per heavy atom. The summed E-state index contributed by atoms with van der Waals surface area (Å²) in [5.41, 5.74) is 0. The number of unbranched alkanes of at least 4 members (excludes halogenated alkanes) is 16.